The van der Waals surface area contributed by atoms with Crippen LogP contribution < -0.4 is 0 Å². The Balaban J connectivity index is 0.00000182. The number of hydrogen-bond acceptors (Lipinski definition) is 3. The van der Waals surface area contributed by atoms with Crippen molar-refractivity contribution in [2.24, 2.45) is 41.4 Å². The van der Waals surface area contributed by atoms with E-state index in [1.165, 1.54) is 32.1 Å². The van der Waals surface area contributed by atoms with Crippen molar-refractivity contribution in [2.45, 2.75) is 77.6 Å². The largest absolute Gasteiger partial charge is 0.393 e. The van der Waals surface area contributed by atoms with Gasteiger partial charge in [-0.25, -0.2) is 0 Å². The quantitative estimate of drug-likeness (QED) is 0.526. The van der Waals surface area contributed by atoms with E-state index >= 15 is 0 Å². The first-order valence-electron chi connectivity index (χ1n) is 10.5. The summed E-state index contributed by atoms with van der Waals surface area (Å²) in [5.41, 5.74) is 0. The van der Waals surface area contributed by atoms with E-state index in [0.29, 0.717) is 19.1 Å². The molecule has 1 N–H and O–H groups in total. The second-order valence-electron chi connectivity index (χ2n) is 9.22. The Morgan fingerprint density at radius 1 is 1.00 bits per heavy atom. The fourth-order valence-electron chi connectivity index (χ4n) is 7.21. The van der Waals surface area contributed by atoms with E-state index in [1.807, 2.05) is 6.92 Å². The Hall–Kier alpha value is 1.32. The van der Waals surface area contributed by atoms with Gasteiger partial charge in [-0.05, 0) is 74.0 Å². The summed E-state index contributed by atoms with van der Waals surface area (Å²) in [6.07, 6.45) is 8.32. The molecule has 3 nitrogen and oxygen atoms in total. The van der Waals surface area contributed by atoms with Crippen LogP contribution in [-0.4, -0.2) is 30.2 Å². The SMILES string of the molecule is CCC1CC(CC)C2C3CC(CC3C(O)CCC3(C)OCCO3)C12.[Ac]. The number of rotatable bonds is 6. The minimum Gasteiger partial charge on any atom is -0.393 e. The van der Waals surface area contributed by atoms with Gasteiger partial charge in [0.2, 0.25) is 0 Å². The van der Waals surface area contributed by atoms with Crippen LogP contribution >= 0.6 is 0 Å². The normalized spacial score (nSPS) is 45.4. The van der Waals surface area contributed by atoms with Gasteiger partial charge < -0.3 is 14.6 Å². The van der Waals surface area contributed by atoms with E-state index in [0.717, 1.165) is 48.3 Å². The molecule has 4 rings (SSSR count). The van der Waals surface area contributed by atoms with Crippen molar-refractivity contribution in [3.63, 3.8) is 0 Å². The Kier molecular flexibility index (Phi) is 7.04. The fourth-order valence-corrected chi connectivity index (χ4v) is 7.21. The molecule has 1 aliphatic heterocycles. The average Bonchev–Trinajstić information content (AvgIpc) is 3.33. The summed E-state index contributed by atoms with van der Waals surface area (Å²) >= 11 is 0. The van der Waals surface area contributed by atoms with Crippen LogP contribution in [0.15, 0.2) is 0 Å². The van der Waals surface area contributed by atoms with Gasteiger partial charge in [-0.2, -0.15) is 0 Å². The molecular weight excluding hydrogens is 527 g/mol. The molecule has 2 bridgehead atoms. The zero-order chi connectivity index (χ0) is 16.9. The molecule has 4 aliphatic rings. The van der Waals surface area contributed by atoms with Crippen molar-refractivity contribution in [2.75, 3.05) is 13.2 Å². The summed E-state index contributed by atoms with van der Waals surface area (Å²) in [7, 11) is 0. The third-order valence-corrected chi connectivity index (χ3v) is 8.21. The van der Waals surface area contributed by atoms with Crippen LogP contribution in [0.1, 0.15) is 65.7 Å². The summed E-state index contributed by atoms with van der Waals surface area (Å²) in [5.74, 6) is 5.54. The molecule has 25 heavy (non-hydrogen) atoms. The predicted octanol–water partition coefficient (Wildman–Crippen LogP) is 4.24. The molecule has 1 saturated heterocycles. The van der Waals surface area contributed by atoms with Gasteiger partial charge in [0, 0.05) is 50.5 Å². The average molecular weight is 564 g/mol. The smallest absolute Gasteiger partial charge is 0.165 e. The summed E-state index contributed by atoms with van der Waals surface area (Å²) in [6, 6.07) is 0. The first kappa shape index (κ1) is 21.0. The number of aliphatic hydroxyl groups excluding tert-OH is 1. The maximum absolute atomic E-state index is 10.9. The summed E-state index contributed by atoms with van der Waals surface area (Å²) in [4.78, 5) is 0. The van der Waals surface area contributed by atoms with E-state index in [9.17, 15) is 5.11 Å². The van der Waals surface area contributed by atoms with Crippen LogP contribution in [0.4, 0.5) is 0 Å². The number of fused-ring (bicyclic) bond motifs is 5. The van der Waals surface area contributed by atoms with Crippen LogP contribution in [0.2, 0.25) is 0 Å². The molecule has 4 fully saturated rings. The van der Waals surface area contributed by atoms with Crippen LogP contribution in [0.5, 0.6) is 0 Å². The third-order valence-electron chi connectivity index (χ3n) is 8.21. The Bertz CT molecular complexity index is 450. The van der Waals surface area contributed by atoms with E-state index < -0.39 is 5.79 Å². The first-order chi connectivity index (χ1) is 11.6. The van der Waals surface area contributed by atoms with Gasteiger partial charge in [-0.15, -0.1) is 0 Å². The van der Waals surface area contributed by atoms with Crippen LogP contribution in [-0.2, 0) is 9.47 Å². The zero-order valence-corrected chi connectivity index (χ0v) is 21.1. The molecule has 8 unspecified atom stereocenters. The zero-order valence-electron chi connectivity index (χ0n) is 16.3. The molecule has 0 aromatic heterocycles. The summed E-state index contributed by atoms with van der Waals surface area (Å²) < 4.78 is 11.4. The van der Waals surface area contributed by atoms with Crippen molar-refractivity contribution < 1.29 is 58.6 Å². The van der Waals surface area contributed by atoms with Crippen molar-refractivity contribution in [1.82, 2.24) is 0 Å². The topological polar surface area (TPSA) is 38.7 Å². The molecule has 1 radical (unpaired) electrons. The fraction of sp³-hybridized carbons (Fsp3) is 1.00. The van der Waals surface area contributed by atoms with E-state index in [1.54, 1.807) is 0 Å². The molecule has 8 atom stereocenters. The Morgan fingerprint density at radius 2 is 1.64 bits per heavy atom. The Labute approximate surface area is 189 Å². The first-order valence-corrected chi connectivity index (χ1v) is 10.5. The van der Waals surface area contributed by atoms with E-state index in [-0.39, 0.29) is 50.2 Å². The van der Waals surface area contributed by atoms with Crippen LogP contribution in [0.25, 0.3) is 0 Å². The van der Waals surface area contributed by atoms with Crippen molar-refractivity contribution in [1.29, 1.82) is 0 Å². The molecule has 4 heteroatoms. The second kappa shape index (κ2) is 8.36. The van der Waals surface area contributed by atoms with Crippen molar-refractivity contribution in [3.8, 4) is 0 Å². The molecule has 141 valence electrons. The monoisotopic (exact) mass is 563 g/mol. The minimum atomic E-state index is -0.451. The summed E-state index contributed by atoms with van der Waals surface area (Å²) in [6.45, 7) is 8.19. The molecule has 1 heterocycles. The van der Waals surface area contributed by atoms with E-state index in [4.69, 9.17) is 9.47 Å². The Morgan fingerprint density at radius 3 is 2.28 bits per heavy atom. The van der Waals surface area contributed by atoms with Crippen molar-refractivity contribution in [3.05, 3.63) is 0 Å². The van der Waals surface area contributed by atoms with Crippen LogP contribution in [0.3, 0.4) is 0 Å². The molecule has 0 amide bonds. The third kappa shape index (κ3) is 3.78. The standard InChI is InChI=1S/C21H36O3.Ac/c1-4-13-10-14(5-2)20-17-12-15(19(13)20)11-16(17)18(22)6-7-21(3)23-8-9-24-21;/h13-20,22H,4-12H2,1-3H3;. The molecule has 0 aromatic carbocycles. The summed E-state index contributed by atoms with van der Waals surface area (Å²) in [5, 5.41) is 10.9. The van der Waals surface area contributed by atoms with Gasteiger partial charge in [0.15, 0.2) is 5.79 Å². The van der Waals surface area contributed by atoms with E-state index in [2.05, 4.69) is 13.8 Å². The second-order valence-corrected chi connectivity index (χ2v) is 9.22. The van der Waals surface area contributed by atoms with Gasteiger partial charge >= 0.3 is 0 Å². The minimum absolute atomic E-state index is 0. The van der Waals surface area contributed by atoms with Gasteiger partial charge in [-0.3, -0.25) is 0 Å². The maximum atomic E-state index is 10.9. The number of aliphatic hydroxyl groups is 1. The van der Waals surface area contributed by atoms with Crippen LogP contribution in [0, 0.1) is 85.5 Å². The molecule has 3 aliphatic carbocycles. The molecule has 3 saturated carbocycles. The number of ether oxygens (including phenoxy) is 2. The van der Waals surface area contributed by atoms with Gasteiger partial charge in [-0.1, -0.05) is 26.7 Å². The molecule has 0 aromatic rings. The molecular formula is C21H36AcO3. The maximum Gasteiger partial charge on any atom is 0.165 e. The molecule has 0 spiro atoms. The number of hydrogen-bond donors (Lipinski definition) is 1. The van der Waals surface area contributed by atoms with Gasteiger partial charge in [0.25, 0.3) is 0 Å². The predicted molar refractivity (Wildman–Crippen MR) is 94.4 cm³/mol. The van der Waals surface area contributed by atoms with Gasteiger partial charge in [0.1, 0.15) is 0 Å². The van der Waals surface area contributed by atoms with Gasteiger partial charge in [0.05, 0.1) is 19.3 Å². The van der Waals surface area contributed by atoms with Crippen molar-refractivity contribution >= 4 is 0 Å².